The molecule has 0 aromatic carbocycles. The summed E-state index contributed by atoms with van der Waals surface area (Å²) in [6.07, 6.45) is 0.400. The minimum atomic E-state index is -1.00. The zero-order chi connectivity index (χ0) is 15.8. The first kappa shape index (κ1) is 18.2. The minimum absolute atomic E-state index is 0.0122. The Bertz CT molecular complexity index is 358. The fourth-order valence-corrected chi connectivity index (χ4v) is 1.23. The molecule has 7 heteroatoms. The Kier molecular flexibility index (Phi) is 7.64. The number of hydrogen-bond donors (Lipinski definition) is 4. The third kappa shape index (κ3) is 6.96. The van der Waals surface area contributed by atoms with Gasteiger partial charge in [-0.2, -0.15) is 0 Å². The van der Waals surface area contributed by atoms with Crippen LogP contribution in [0.4, 0.5) is 4.79 Å². The van der Waals surface area contributed by atoms with Crippen molar-refractivity contribution in [1.29, 1.82) is 0 Å². The molecular formula is C13H25N3O4. The van der Waals surface area contributed by atoms with Gasteiger partial charge in [-0.15, -0.1) is 0 Å². The molecule has 0 saturated heterocycles. The third-order valence-corrected chi connectivity index (χ3v) is 3.05. The van der Waals surface area contributed by atoms with E-state index in [2.05, 4.69) is 16.0 Å². The lowest BCUT2D eigenvalue weighted by atomic mass is 9.88. The molecule has 0 aliphatic heterocycles. The molecule has 0 radical (unpaired) electrons. The van der Waals surface area contributed by atoms with Crippen LogP contribution in [0.5, 0.6) is 0 Å². The minimum Gasteiger partial charge on any atom is -0.481 e. The van der Waals surface area contributed by atoms with Crippen LogP contribution in [0.15, 0.2) is 0 Å². The van der Waals surface area contributed by atoms with E-state index >= 15 is 0 Å². The monoisotopic (exact) mass is 287 g/mol. The van der Waals surface area contributed by atoms with E-state index in [1.807, 2.05) is 13.8 Å². The first-order valence-corrected chi connectivity index (χ1v) is 6.73. The van der Waals surface area contributed by atoms with Crippen molar-refractivity contribution in [3.8, 4) is 0 Å². The standard InChI is InChI=1S/C13H25N3O4/c1-5-13(4,11(18)19)8-16-12(20)15-7-10(17)14-6-9(2)3/h9H,5-8H2,1-4H3,(H,14,17)(H,18,19)(H2,15,16,20). The van der Waals surface area contributed by atoms with Crippen LogP contribution in [-0.4, -0.2) is 42.6 Å². The molecule has 0 saturated carbocycles. The highest BCUT2D eigenvalue weighted by molar-refractivity contribution is 5.84. The van der Waals surface area contributed by atoms with Gasteiger partial charge in [0.05, 0.1) is 12.0 Å². The summed E-state index contributed by atoms with van der Waals surface area (Å²) >= 11 is 0. The number of carboxylic acids is 1. The highest BCUT2D eigenvalue weighted by Crippen LogP contribution is 2.19. The van der Waals surface area contributed by atoms with Crippen LogP contribution in [0, 0.1) is 11.3 Å². The molecule has 0 fully saturated rings. The van der Waals surface area contributed by atoms with Gasteiger partial charge in [-0.05, 0) is 19.3 Å². The summed E-state index contributed by atoms with van der Waals surface area (Å²) in [7, 11) is 0. The maximum absolute atomic E-state index is 11.5. The molecule has 1 unspecified atom stereocenters. The fraction of sp³-hybridized carbons (Fsp3) is 0.769. The van der Waals surface area contributed by atoms with Gasteiger partial charge in [0.1, 0.15) is 0 Å². The Morgan fingerprint density at radius 3 is 2.20 bits per heavy atom. The van der Waals surface area contributed by atoms with E-state index in [4.69, 9.17) is 5.11 Å². The van der Waals surface area contributed by atoms with Crippen LogP contribution in [0.2, 0.25) is 0 Å². The van der Waals surface area contributed by atoms with E-state index < -0.39 is 17.4 Å². The van der Waals surface area contributed by atoms with Crippen molar-refractivity contribution in [2.24, 2.45) is 11.3 Å². The second-order valence-electron chi connectivity index (χ2n) is 5.45. The molecule has 0 spiro atoms. The number of carbonyl (C=O) groups is 3. The highest BCUT2D eigenvalue weighted by atomic mass is 16.4. The number of aliphatic carboxylic acids is 1. The smallest absolute Gasteiger partial charge is 0.315 e. The molecule has 116 valence electrons. The molecule has 7 nitrogen and oxygen atoms in total. The average Bonchev–Trinajstić information content (AvgIpc) is 2.39. The number of hydrogen-bond acceptors (Lipinski definition) is 3. The lowest BCUT2D eigenvalue weighted by Crippen LogP contribution is -2.47. The Morgan fingerprint density at radius 2 is 1.75 bits per heavy atom. The van der Waals surface area contributed by atoms with Gasteiger partial charge in [-0.3, -0.25) is 9.59 Å². The third-order valence-electron chi connectivity index (χ3n) is 3.05. The SMILES string of the molecule is CCC(C)(CNC(=O)NCC(=O)NCC(C)C)C(=O)O. The Hall–Kier alpha value is -1.79. The topological polar surface area (TPSA) is 108 Å². The summed E-state index contributed by atoms with van der Waals surface area (Å²) < 4.78 is 0. The van der Waals surface area contributed by atoms with Gasteiger partial charge in [-0.25, -0.2) is 4.79 Å². The van der Waals surface area contributed by atoms with E-state index in [1.165, 1.54) is 0 Å². The van der Waals surface area contributed by atoms with Gasteiger partial charge in [0.15, 0.2) is 0 Å². The summed E-state index contributed by atoms with van der Waals surface area (Å²) in [6, 6.07) is -0.550. The number of urea groups is 1. The fourth-order valence-electron chi connectivity index (χ4n) is 1.23. The van der Waals surface area contributed by atoms with Crippen molar-refractivity contribution in [1.82, 2.24) is 16.0 Å². The number of carboxylic acid groups (broad SMARTS) is 1. The highest BCUT2D eigenvalue weighted by Gasteiger charge is 2.31. The van der Waals surface area contributed by atoms with Gasteiger partial charge in [0, 0.05) is 13.1 Å². The molecule has 0 aromatic heterocycles. The maximum Gasteiger partial charge on any atom is 0.315 e. The lowest BCUT2D eigenvalue weighted by molar-refractivity contribution is -0.147. The van der Waals surface area contributed by atoms with Crippen LogP contribution in [0.25, 0.3) is 0 Å². The van der Waals surface area contributed by atoms with Crippen molar-refractivity contribution in [2.45, 2.75) is 34.1 Å². The molecule has 0 bridgehead atoms. The van der Waals surface area contributed by atoms with Crippen LogP contribution in [-0.2, 0) is 9.59 Å². The summed E-state index contributed by atoms with van der Waals surface area (Å²) in [4.78, 5) is 33.9. The van der Waals surface area contributed by atoms with Crippen LogP contribution in [0.1, 0.15) is 34.1 Å². The molecule has 0 aliphatic rings. The van der Waals surface area contributed by atoms with Crippen molar-refractivity contribution < 1.29 is 19.5 Å². The normalized spacial score (nSPS) is 13.4. The molecule has 4 N–H and O–H groups in total. The molecule has 1 atom stereocenters. The second-order valence-corrected chi connectivity index (χ2v) is 5.45. The molecule has 0 heterocycles. The first-order chi connectivity index (χ1) is 9.21. The van der Waals surface area contributed by atoms with Crippen molar-refractivity contribution in [3.05, 3.63) is 0 Å². The zero-order valence-corrected chi connectivity index (χ0v) is 12.6. The number of amides is 3. The summed E-state index contributed by atoms with van der Waals surface area (Å²) in [6.45, 7) is 7.68. The van der Waals surface area contributed by atoms with Gasteiger partial charge in [-0.1, -0.05) is 20.8 Å². The maximum atomic E-state index is 11.5. The largest absolute Gasteiger partial charge is 0.481 e. The van der Waals surface area contributed by atoms with Crippen molar-refractivity contribution in [2.75, 3.05) is 19.6 Å². The van der Waals surface area contributed by atoms with Crippen LogP contribution in [0.3, 0.4) is 0 Å². The zero-order valence-electron chi connectivity index (χ0n) is 12.6. The van der Waals surface area contributed by atoms with Crippen molar-refractivity contribution >= 4 is 17.9 Å². The Morgan fingerprint density at radius 1 is 1.15 bits per heavy atom. The summed E-state index contributed by atoms with van der Waals surface area (Å²) in [5.74, 6) is -0.895. The average molecular weight is 287 g/mol. The predicted octanol–water partition coefficient (Wildman–Crippen LogP) is 0.559. The second kappa shape index (κ2) is 8.39. The number of rotatable bonds is 8. The first-order valence-electron chi connectivity index (χ1n) is 6.73. The van der Waals surface area contributed by atoms with E-state index in [9.17, 15) is 14.4 Å². The number of carbonyl (C=O) groups excluding carboxylic acids is 2. The molecule has 0 aliphatic carbocycles. The van der Waals surface area contributed by atoms with E-state index in [0.29, 0.717) is 18.9 Å². The molecule has 3 amide bonds. The van der Waals surface area contributed by atoms with Crippen LogP contribution >= 0.6 is 0 Å². The van der Waals surface area contributed by atoms with Gasteiger partial charge >= 0.3 is 12.0 Å². The van der Waals surface area contributed by atoms with E-state index in [1.54, 1.807) is 13.8 Å². The van der Waals surface area contributed by atoms with Gasteiger partial charge in [0.25, 0.3) is 0 Å². The molecular weight excluding hydrogens is 262 g/mol. The molecule has 0 aromatic rings. The van der Waals surface area contributed by atoms with Crippen molar-refractivity contribution in [3.63, 3.8) is 0 Å². The quantitative estimate of drug-likeness (QED) is 0.523. The Balaban J connectivity index is 4.01. The van der Waals surface area contributed by atoms with E-state index in [0.717, 1.165) is 0 Å². The summed E-state index contributed by atoms with van der Waals surface area (Å²) in [5.41, 5.74) is -1.00. The Labute approximate surface area is 119 Å². The molecule has 20 heavy (non-hydrogen) atoms. The van der Waals surface area contributed by atoms with Crippen LogP contribution < -0.4 is 16.0 Å². The van der Waals surface area contributed by atoms with E-state index in [-0.39, 0.29) is 19.0 Å². The lowest BCUT2D eigenvalue weighted by Gasteiger charge is -2.23. The summed E-state index contributed by atoms with van der Waals surface area (Å²) in [5, 5.41) is 16.6. The number of nitrogens with one attached hydrogen (secondary N) is 3. The predicted molar refractivity (Wildman–Crippen MR) is 75.3 cm³/mol. The molecule has 0 rings (SSSR count). The van der Waals surface area contributed by atoms with Gasteiger partial charge in [0.2, 0.25) is 5.91 Å². The van der Waals surface area contributed by atoms with Gasteiger partial charge < -0.3 is 21.1 Å².